The van der Waals surface area contributed by atoms with Crippen molar-refractivity contribution in [1.82, 2.24) is 10.2 Å². The Bertz CT molecular complexity index is 254. The van der Waals surface area contributed by atoms with Crippen molar-refractivity contribution in [2.24, 2.45) is 17.6 Å². The molecule has 1 unspecified atom stereocenters. The van der Waals surface area contributed by atoms with Crippen molar-refractivity contribution in [2.45, 2.75) is 31.7 Å². The molecule has 0 saturated heterocycles. The molecule has 3 N–H and O–H groups in total. The lowest BCUT2D eigenvalue weighted by molar-refractivity contribution is -0.122. The van der Waals surface area contributed by atoms with Crippen LogP contribution in [-0.4, -0.2) is 43.5 Å². The van der Waals surface area contributed by atoms with Gasteiger partial charge in [-0.05, 0) is 44.6 Å². The molecular weight excluding hydrogens is 238 g/mol. The Kier molecular flexibility index (Phi) is 5.70. The molecule has 2 aliphatic rings. The lowest BCUT2D eigenvalue weighted by atomic mass is 10.1. The van der Waals surface area contributed by atoms with Gasteiger partial charge in [-0.15, -0.1) is 12.4 Å². The molecule has 0 spiro atoms. The largest absolute Gasteiger partial charge is 0.355 e. The summed E-state index contributed by atoms with van der Waals surface area (Å²) in [5, 5.41) is 2.99. The number of carbonyl (C=O) groups excluding carboxylic acids is 1. The highest BCUT2D eigenvalue weighted by molar-refractivity contribution is 5.85. The topological polar surface area (TPSA) is 58.4 Å². The molecule has 100 valence electrons. The van der Waals surface area contributed by atoms with Crippen LogP contribution in [0.2, 0.25) is 0 Å². The minimum Gasteiger partial charge on any atom is -0.355 e. The fourth-order valence-corrected chi connectivity index (χ4v) is 2.19. The molecular formula is C12H24ClN3O. The normalized spacial score (nSPS) is 20.9. The smallest absolute Gasteiger partial charge is 0.234 e. The van der Waals surface area contributed by atoms with Crippen molar-refractivity contribution in [3.63, 3.8) is 0 Å². The van der Waals surface area contributed by atoms with Crippen LogP contribution in [-0.2, 0) is 4.79 Å². The van der Waals surface area contributed by atoms with Crippen LogP contribution in [0.5, 0.6) is 0 Å². The van der Waals surface area contributed by atoms with Gasteiger partial charge in [0.1, 0.15) is 0 Å². The molecule has 5 heteroatoms. The number of nitrogens with two attached hydrogens (primary N) is 1. The maximum absolute atomic E-state index is 11.7. The van der Waals surface area contributed by atoms with Crippen LogP contribution in [0.3, 0.4) is 0 Å². The van der Waals surface area contributed by atoms with E-state index < -0.39 is 0 Å². The molecule has 17 heavy (non-hydrogen) atoms. The van der Waals surface area contributed by atoms with Crippen molar-refractivity contribution in [3.05, 3.63) is 0 Å². The molecule has 0 heterocycles. The highest BCUT2D eigenvalue weighted by atomic mass is 35.5. The number of hydrogen-bond donors (Lipinski definition) is 2. The summed E-state index contributed by atoms with van der Waals surface area (Å²) in [7, 11) is 2.01. The first-order valence-electron chi connectivity index (χ1n) is 6.37. The highest BCUT2D eigenvalue weighted by Crippen LogP contribution is 2.34. The van der Waals surface area contributed by atoms with Gasteiger partial charge in [-0.1, -0.05) is 0 Å². The molecule has 0 aromatic carbocycles. The van der Waals surface area contributed by atoms with Gasteiger partial charge in [0.25, 0.3) is 0 Å². The number of nitrogens with zero attached hydrogens (tertiary/aromatic N) is 1. The molecule has 0 aromatic heterocycles. The average molecular weight is 262 g/mol. The second kappa shape index (κ2) is 6.57. The second-order valence-electron chi connectivity index (χ2n) is 5.30. The van der Waals surface area contributed by atoms with Crippen LogP contribution in [0.4, 0.5) is 0 Å². The van der Waals surface area contributed by atoms with Gasteiger partial charge in [0, 0.05) is 19.1 Å². The van der Waals surface area contributed by atoms with E-state index in [2.05, 4.69) is 10.2 Å². The molecule has 1 atom stereocenters. The molecule has 0 aromatic rings. The lowest BCUT2D eigenvalue weighted by Gasteiger charge is -2.26. The Hall–Kier alpha value is -0.320. The zero-order chi connectivity index (χ0) is 11.5. The number of nitrogens with one attached hydrogen (secondary N) is 1. The fourth-order valence-electron chi connectivity index (χ4n) is 2.19. The predicted octanol–water partition coefficient (Wildman–Crippen LogP) is 0.603. The van der Waals surface area contributed by atoms with Gasteiger partial charge in [-0.3, -0.25) is 9.69 Å². The van der Waals surface area contributed by atoms with E-state index in [0.29, 0.717) is 19.1 Å². The van der Waals surface area contributed by atoms with Crippen LogP contribution in [0.25, 0.3) is 0 Å². The van der Waals surface area contributed by atoms with E-state index in [9.17, 15) is 4.79 Å². The first-order valence-corrected chi connectivity index (χ1v) is 6.37. The highest BCUT2D eigenvalue weighted by Gasteiger charge is 2.33. The summed E-state index contributed by atoms with van der Waals surface area (Å²) < 4.78 is 0. The first-order chi connectivity index (χ1) is 7.70. The summed E-state index contributed by atoms with van der Waals surface area (Å²) >= 11 is 0. The van der Waals surface area contributed by atoms with Crippen molar-refractivity contribution >= 4 is 18.3 Å². The minimum atomic E-state index is 0. The van der Waals surface area contributed by atoms with Crippen molar-refractivity contribution in [1.29, 1.82) is 0 Å². The molecule has 2 fully saturated rings. The first kappa shape index (κ1) is 14.7. The van der Waals surface area contributed by atoms with Gasteiger partial charge in [0.05, 0.1) is 6.54 Å². The summed E-state index contributed by atoms with van der Waals surface area (Å²) in [5.41, 5.74) is 5.75. The molecule has 4 nitrogen and oxygen atoms in total. The van der Waals surface area contributed by atoms with E-state index in [0.717, 1.165) is 18.4 Å². The molecule has 1 amide bonds. The van der Waals surface area contributed by atoms with E-state index in [1.54, 1.807) is 0 Å². The van der Waals surface area contributed by atoms with Gasteiger partial charge in [-0.25, -0.2) is 0 Å². The van der Waals surface area contributed by atoms with E-state index in [-0.39, 0.29) is 18.3 Å². The Labute approximate surface area is 110 Å². The van der Waals surface area contributed by atoms with Gasteiger partial charge in [-0.2, -0.15) is 0 Å². The van der Waals surface area contributed by atoms with E-state index in [4.69, 9.17) is 5.73 Å². The molecule has 2 saturated carbocycles. The number of likely N-dealkylation sites (N-methyl/N-ethyl adjacent to an activating group) is 1. The quantitative estimate of drug-likeness (QED) is 0.706. The van der Waals surface area contributed by atoms with E-state index in [1.165, 1.54) is 25.7 Å². The van der Waals surface area contributed by atoms with Crippen LogP contribution in [0.1, 0.15) is 25.7 Å². The number of rotatable bonds is 7. The molecule has 0 bridgehead atoms. The average Bonchev–Trinajstić information content (AvgIpc) is 3.10. The molecule has 0 radical (unpaired) electrons. The molecule has 2 rings (SSSR count). The Morgan fingerprint density at radius 1 is 1.41 bits per heavy atom. The summed E-state index contributed by atoms with van der Waals surface area (Å²) in [6.45, 7) is 2.02. The monoisotopic (exact) mass is 261 g/mol. The summed E-state index contributed by atoms with van der Waals surface area (Å²) in [4.78, 5) is 13.8. The summed E-state index contributed by atoms with van der Waals surface area (Å²) in [6, 6.07) is 0.395. The van der Waals surface area contributed by atoms with Gasteiger partial charge >= 0.3 is 0 Å². The third-order valence-corrected chi connectivity index (χ3v) is 3.65. The Balaban J connectivity index is 0.00000144. The van der Waals surface area contributed by atoms with Crippen LogP contribution < -0.4 is 11.1 Å². The third kappa shape index (κ3) is 4.82. The van der Waals surface area contributed by atoms with Crippen LogP contribution in [0, 0.1) is 11.8 Å². The Morgan fingerprint density at radius 3 is 2.53 bits per heavy atom. The maximum atomic E-state index is 11.7. The lowest BCUT2D eigenvalue weighted by Crippen LogP contribution is -2.45. The van der Waals surface area contributed by atoms with Gasteiger partial charge < -0.3 is 11.1 Å². The third-order valence-electron chi connectivity index (χ3n) is 3.65. The SMILES string of the molecule is CN(CC(=O)NCC1CC1)C(CN)C1CC1.Cl. The molecule has 0 aliphatic heterocycles. The zero-order valence-corrected chi connectivity index (χ0v) is 11.3. The second-order valence-corrected chi connectivity index (χ2v) is 5.30. The summed E-state index contributed by atoms with van der Waals surface area (Å²) in [6.07, 6.45) is 5.11. The van der Waals surface area contributed by atoms with E-state index >= 15 is 0 Å². The van der Waals surface area contributed by atoms with Crippen molar-refractivity contribution in [3.8, 4) is 0 Å². The standard InChI is InChI=1S/C12H23N3O.ClH/c1-15(11(6-13)10-4-5-10)8-12(16)14-7-9-2-3-9;/h9-11H,2-8,13H2,1H3,(H,14,16);1H. The van der Waals surface area contributed by atoms with Crippen LogP contribution in [0.15, 0.2) is 0 Å². The number of hydrogen-bond acceptors (Lipinski definition) is 3. The minimum absolute atomic E-state index is 0. The zero-order valence-electron chi connectivity index (χ0n) is 10.5. The van der Waals surface area contributed by atoms with E-state index in [1.807, 2.05) is 7.05 Å². The number of amides is 1. The van der Waals surface area contributed by atoms with Crippen molar-refractivity contribution < 1.29 is 4.79 Å². The maximum Gasteiger partial charge on any atom is 0.234 e. The number of carbonyl (C=O) groups is 1. The van der Waals surface area contributed by atoms with Gasteiger partial charge in [0.2, 0.25) is 5.91 Å². The Morgan fingerprint density at radius 2 is 2.06 bits per heavy atom. The van der Waals surface area contributed by atoms with Crippen molar-refractivity contribution in [2.75, 3.05) is 26.7 Å². The fraction of sp³-hybridized carbons (Fsp3) is 0.917. The number of halogens is 1. The van der Waals surface area contributed by atoms with Gasteiger partial charge in [0.15, 0.2) is 0 Å². The van der Waals surface area contributed by atoms with Crippen LogP contribution >= 0.6 is 12.4 Å². The predicted molar refractivity (Wildman–Crippen MR) is 71.2 cm³/mol. The molecule has 2 aliphatic carbocycles. The summed E-state index contributed by atoms with van der Waals surface area (Å²) in [5.74, 6) is 1.63.